The summed E-state index contributed by atoms with van der Waals surface area (Å²) >= 11 is 0. The second kappa shape index (κ2) is 6.65. The van der Waals surface area contributed by atoms with Gasteiger partial charge in [-0.15, -0.1) is 0 Å². The average Bonchev–Trinajstić information content (AvgIpc) is 2.88. The van der Waals surface area contributed by atoms with Crippen molar-refractivity contribution >= 4 is 11.7 Å². The van der Waals surface area contributed by atoms with Crippen LogP contribution in [0.4, 0.5) is 14.6 Å². The minimum Gasteiger partial charge on any atom is -0.376 e. The summed E-state index contributed by atoms with van der Waals surface area (Å²) in [7, 11) is 1.70. The van der Waals surface area contributed by atoms with Gasteiger partial charge in [0.25, 0.3) is 5.91 Å². The van der Waals surface area contributed by atoms with Crippen LogP contribution in [0.1, 0.15) is 67.7 Å². The summed E-state index contributed by atoms with van der Waals surface area (Å²) in [6.07, 6.45) is 2.60. The Balaban J connectivity index is 1.64. The number of benzene rings is 1. The molecule has 2 aromatic rings. The first kappa shape index (κ1) is 19.1. The van der Waals surface area contributed by atoms with Gasteiger partial charge in [-0.2, -0.15) is 5.10 Å². The largest absolute Gasteiger partial charge is 0.376 e. The number of hydrogen-bond donors (Lipinski definition) is 2. The van der Waals surface area contributed by atoms with E-state index in [1.807, 2.05) is 6.07 Å². The number of rotatable bonds is 5. The predicted molar refractivity (Wildman–Crippen MR) is 101 cm³/mol. The van der Waals surface area contributed by atoms with E-state index in [2.05, 4.69) is 10.4 Å². The van der Waals surface area contributed by atoms with Crippen molar-refractivity contribution in [1.82, 2.24) is 9.78 Å². The monoisotopic (exact) mass is 389 g/mol. The first-order valence-electron chi connectivity index (χ1n) is 9.73. The molecule has 2 aliphatic carbocycles. The van der Waals surface area contributed by atoms with Crippen molar-refractivity contribution in [1.29, 1.82) is 0 Å². The van der Waals surface area contributed by atoms with E-state index in [1.54, 1.807) is 36.0 Å². The molecule has 1 aromatic heterocycles. The van der Waals surface area contributed by atoms with Crippen molar-refractivity contribution in [3.8, 4) is 0 Å². The van der Waals surface area contributed by atoms with E-state index in [9.17, 15) is 18.7 Å². The van der Waals surface area contributed by atoms with E-state index < -0.39 is 17.4 Å². The summed E-state index contributed by atoms with van der Waals surface area (Å²) in [5.74, 6) is -2.74. The Labute approximate surface area is 162 Å². The third kappa shape index (κ3) is 3.21. The Morgan fingerprint density at radius 2 is 1.89 bits per heavy atom. The van der Waals surface area contributed by atoms with Gasteiger partial charge in [0.05, 0.1) is 5.69 Å². The van der Waals surface area contributed by atoms with Crippen LogP contribution >= 0.6 is 0 Å². The molecule has 0 saturated heterocycles. The van der Waals surface area contributed by atoms with Crippen LogP contribution in [-0.2, 0) is 17.4 Å². The van der Waals surface area contributed by atoms with Crippen molar-refractivity contribution in [3.63, 3.8) is 0 Å². The lowest BCUT2D eigenvalue weighted by Gasteiger charge is -2.36. The second-order valence-corrected chi connectivity index (χ2v) is 8.25. The Morgan fingerprint density at radius 3 is 2.43 bits per heavy atom. The number of carbonyl (C=O) groups excluding carboxylic acids is 1. The first-order valence-corrected chi connectivity index (χ1v) is 9.73. The van der Waals surface area contributed by atoms with E-state index in [1.165, 1.54) is 6.92 Å². The van der Waals surface area contributed by atoms with Crippen LogP contribution in [0.25, 0.3) is 0 Å². The van der Waals surface area contributed by atoms with Crippen LogP contribution in [-0.4, -0.2) is 26.7 Å². The van der Waals surface area contributed by atoms with Crippen molar-refractivity contribution in [2.45, 2.75) is 62.4 Å². The zero-order chi connectivity index (χ0) is 20.1. The lowest BCUT2D eigenvalue weighted by molar-refractivity contribution is -0.133. The number of aliphatic hydroxyl groups is 1. The normalized spacial score (nSPS) is 21.5. The van der Waals surface area contributed by atoms with Crippen LogP contribution in [0.15, 0.2) is 30.3 Å². The predicted octanol–water partition coefficient (Wildman–Crippen LogP) is 4.05. The van der Waals surface area contributed by atoms with Crippen molar-refractivity contribution in [2.24, 2.45) is 7.05 Å². The minimum atomic E-state index is -2.63. The fourth-order valence-electron chi connectivity index (χ4n) is 4.09. The van der Waals surface area contributed by atoms with E-state index in [4.69, 9.17) is 0 Å². The molecular weight excluding hydrogens is 364 g/mol. The second-order valence-electron chi connectivity index (χ2n) is 8.25. The SMILES string of the molecule is Cn1nc(C2CC(F)(F)C2)c(C2CCC2)c1NC(=O)[C@](C)(O)c1ccccc1. The first-order chi connectivity index (χ1) is 13.2. The van der Waals surface area contributed by atoms with E-state index in [0.717, 1.165) is 24.8 Å². The number of amides is 1. The van der Waals surface area contributed by atoms with Crippen molar-refractivity contribution in [3.05, 3.63) is 47.2 Å². The molecule has 0 spiro atoms. The third-order valence-electron chi connectivity index (χ3n) is 6.11. The number of anilines is 1. The van der Waals surface area contributed by atoms with Gasteiger partial charge in [0, 0.05) is 31.4 Å². The molecule has 5 nitrogen and oxygen atoms in total. The highest BCUT2D eigenvalue weighted by Gasteiger charge is 2.49. The third-order valence-corrected chi connectivity index (χ3v) is 6.11. The molecule has 150 valence electrons. The quantitative estimate of drug-likeness (QED) is 0.811. The van der Waals surface area contributed by atoms with Gasteiger partial charge in [0.1, 0.15) is 5.82 Å². The lowest BCUT2D eigenvalue weighted by atomic mass is 9.73. The van der Waals surface area contributed by atoms with Crippen LogP contribution in [0.5, 0.6) is 0 Å². The maximum atomic E-state index is 13.4. The molecule has 0 bridgehead atoms. The van der Waals surface area contributed by atoms with Crippen molar-refractivity contribution in [2.75, 3.05) is 5.32 Å². The van der Waals surface area contributed by atoms with Crippen LogP contribution in [0, 0.1) is 0 Å². The van der Waals surface area contributed by atoms with E-state index >= 15 is 0 Å². The summed E-state index contributed by atoms with van der Waals surface area (Å²) in [5.41, 5.74) is 0.310. The zero-order valence-electron chi connectivity index (χ0n) is 16.1. The van der Waals surface area contributed by atoms with Gasteiger partial charge in [-0.25, -0.2) is 8.78 Å². The number of aryl methyl sites for hydroxylation is 1. The molecule has 1 amide bonds. The standard InChI is InChI=1S/C21H25F2N3O2/c1-20(28,15-9-4-3-5-10-15)19(27)24-18-16(13-7-6-8-13)17(25-26(18)2)14-11-21(22,23)12-14/h3-5,9-10,13-14,28H,6-8,11-12H2,1-2H3,(H,24,27)/t20-/m1/s1. The van der Waals surface area contributed by atoms with E-state index in [0.29, 0.717) is 17.1 Å². The highest BCUT2D eigenvalue weighted by molar-refractivity contribution is 5.97. The van der Waals surface area contributed by atoms with Crippen LogP contribution < -0.4 is 5.32 Å². The molecule has 2 saturated carbocycles. The summed E-state index contributed by atoms with van der Waals surface area (Å²) in [4.78, 5) is 12.9. The summed E-state index contributed by atoms with van der Waals surface area (Å²) in [5, 5.41) is 18.1. The smallest absolute Gasteiger partial charge is 0.261 e. The van der Waals surface area contributed by atoms with E-state index in [-0.39, 0.29) is 24.7 Å². The lowest BCUT2D eigenvalue weighted by Crippen LogP contribution is -2.38. The Morgan fingerprint density at radius 1 is 1.25 bits per heavy atom. The highest BCUT2D eigenvalue weighted by atomic mass is 19.3. The molecule has 28 heavy (non-hydrogen) atoms. The number of alkyl halides is 2. The fraction of sp³-hybridized carbons (Fsp3) is 0.524. The number of nitrogens with one attached hydrogen (secondary N) is 1. The number of carbonyl (C=O) groups is 1. The van der Waals surface area contributed by atoms with Gasteiger partial charge in [-0.1, -0.05) is 36.8 Å². The maximum Gasteiger partial charge on any atom is 0.261 e. The molecule has 2 fully saturated rings. The average molecular weight is 389 g/mol. The van der Waals surface area contributed by atoms with Gasteiger partial charge in [-0.3, -0.25) is 9.48 Å². The van der Waals surface area contributed by atoms with Gasteiger partial charge >= 0.3 is 0 Å². The highest BCUT2D eigenvalue weighted by Crippen LogP contribution is 2.52. The summed E-state index contributed by atoms with van der Waals surface area (Å²) in [6, 6.07) is 8.72. The van der Waals surface area contributed by atoms with Crippen molar-refractivity contribution < 1.29 is 18.7 Å². The topological polar surface area (TPSA) is 67.2 Å². The Bertz CT molecular complexity index is 881. The number of nitrogens with zero attached hydrogens (tertiary/aromatic N) is 2. The molecule has 2 N–H and O–H groups in total. The summed E-state index contributed by atoms with van der Waals surface area (Å²) in [6.45, 7) is 1.45. The molecule has 1 atom stereocenters. The molecule has 4 rings (SSSR count). The minimum absolute atomic E-state index is 0.196. The fourth-order valence-corrected chi connectivity index (χ4v) is 4.09. The molecule has 1 heterocycles. The Kier molecular flexibility index (Phi) is 4.53. The zero-order valence-corrected chi connectivity index (χ0v) is 16.1. The molecule has 0 unspecified atom stereocenters. The van der Waals surface area contributed by atoms with Gasteiger partial charge in [-0.05, 0) is 31.2 Å². The van der Waals surface area contributed by atoms with Crippen LogP contribution in [0.2, 0.25) is 0 Å². The maximum absolute atomic E-state index is 13.4. The van der Waals surface area contributed by atoms with Gasteiger partial charge < -0.3 is 10.4 Å². The van der Waals surface area contributed by atoms with Crippen LogP contribution in [0.3, 0.4) is 0 Å². The number of hydrogen-bond acceptors (Lipinski definition) is 3. The molecule has 1 aromatic carbocycles. The molecular formula is C21H25F2N3O2. The molecule has 2 aliphatic rings. The number of halogens is 2. The van der Waals surface area contributed by atoms with Gasteiger partial charge in [0.2, 0.25) is 5.92 Å². The number of aromatic nitrogens is 2. The molecule has 0 aliphatic heterocycles. The summed E-state index contributed by atoms with van der Waals surface area (Å²) < 4.78 is 28.4. The van der Waals surface area contributed by atoms with Gasteiger partial charge in [0.15, 0.2) is 5.60 Å². The molecule has 7 heteroatoms. The molecule has 0 radical (unpaired) electrons. The Hall–Kier alpha value is -2.28.